The topological polar surface area (TPSA) is 151 Å². The Balaban J connectivity index is 1.73. The number of piperidine rings is 1. The zero-order valence-electron chi connectivity index (χ0n) is 23.3. The smallest absolute Gasteiger partial charge is 0.416 e. The summed E-state index contributed by atoms with van der Waals surface area (Å²) < 4.78 is 74.6. The third kappa shape index (κ3) is 7.57. The summed E-state index contributed by atoms with van der Waals surface area (Å²) in [4.78, 5) is 41.1. The normalized spacial score (nSPS) is 16.4. The van der Waals surface area contributed by atoms with Crippen molar-refractivity contribution in [3.8, 4) is 0 Å². The molecule has 1 amide bonds. The second kappa shape index (κ2) is 13.5. The fourth-order valence-electron chi connectivity index (χ4n) is 5.15. The first-order valence-electron chi connectivity index (χ1n) is 13.5. The number of likely N-dealkylation sites (tertiary alicyclic amines) is 1. The highest BCUT2D eigenvalue weighted by Crippen LogP contribution is 2.39. The van der Waals surface area contributed by atoms with Gasteiger partial charge in [-0.1, -0.05) is 30.1 Å². The van der Waals surface area contributed by atoms with E-state index in [-0.39, 0.29) is 64.7 Å². The molecular formula is C27H29Cl2F3N4O7S. The molecule has 0 spiro atoms. The molecule has 3 N–H and O–H groups in total. The number of carboxylic acid groups (broad SMARTS) is 1. The number of nitrogens with one attached hydrogen (secondary N) is 2. The van der Waals surface area contributed by atoms with Crippen molar-refractivity contribution >= 4 is 50.0 Å². The number of aromatic amines is 1. The number of aromatic nitrogens is 2. The minimum absolute atomic E-state index is 0.0191. The number of hydrogen-bond donors (Lipinski definition) is 3. The summed E-state index contributed by atoms with van der Waals surface area (Å²) >= 11 is 12.5. The second-order valence-electron chi connectivity index (χ2n) is 10.2. The first-order valence-corrected chi connectivity index (χ1v) is 15.9. The summed E-state index contributed by atoms with van der Waals surface area (Å²) in [5.41, 5.74) is -3.85. The molecule has 2 heterocycles. The van der Waals surface area contributed by atoms with Crippen LogP contribution in [0.15, 0.2) is 38.8 Å². The number of benzene rings is 2. The first kappa shape index (κ1) is 33.8. The summed E-state index contributed by atoms with van der Waals surface area (Å²) in [5.74, 6) is -0.274. The predicted molar refractivity (Wildman–Crippen MR) is 157 cm³/mol. The van der Waals surface area contributed by atoms with Gasteiger partial charge in [0.05, 0.1) is 51.4 Å². The van der Waals surface area contributed by atoms with Gasteiger partial charge in [0.25, 0.3) is 5.56 Å². The molecule has 1 atom stereocenters. The van der Waals surface area contributed by atoms with Gasteiger partial charge >= 0.3 is 18.0 Å². The van der Waals surface area contributed by atoms with Gasteiger partial charge in [-0.25, -0.2) is 18.0 Å². The Morgan fingerprint density at radius 2 is 1.93 bits per heavy atom. The summed E-state index contributed by atoms with van der Waals surface area (Å²) in [6, 6.07) is 4.49. The lowest BCUT2D eigenvalue weighted by Crippen LogP contribution is -2.40. The van der Waals surface area contributed by atoms with Crippen molar-refractivity contribution in [2.45, 2.75) is 50.0 Å². The van der Waals surface area contributed by atoms with E-state index in [1.807, 2.05) is 0 Å². The van der Waals surface area contributed by atoms with Gasteiger partial charge < -0.3 is 20.1 Å². The van der Waals surface area contributed by atoms with Crippen LogP contribution in [0.4, 0.5) is 18.0 Å². The lowest BCUT2D eigenvalue weighted by atomic mass is 10.0. The third-order valence-electron chi connectivity index (χ3n) is 7.27. The summed E-state index contributed by atoms with van der Waals surface area (Å²) in [7, 11) is -3.80. The van der Waals surface area contributed by atoms with Gasteiger partial charge in [0.15, 0.2) is 9.84 Å². The Bertz CT molecular complexity index is 1800. The van der Waals surface area contributed by atoms with E-state index in [2.05, 4.69) is 10.3 Å². The van der Waals surface area contributed by atoms with E-state index < -0.39 is 55.9 Å². The van der Waals surface area contributed by atoms with Crippen LogP contribution < -0.4 is 16.6 Å². The molecule has 1 fully saturated rings. The fraction of sp³-hybridized carbons (Fsp3) is 0.444. The highest BCUT2D eigenvalue weighted by Gasteiger charge is 2.37. The van der Waals surface area contributed by atoms with Crippen LogP contribution in [0.25, 0.3) is 10.9 Å². The van der Waals surface area contributed by atoms with E-state index in [1.54, 1.807) is 4.90 Å². The fourth-order valence-corrected chi connectivity index (χ4v) is 6.76. The van der Waals surface area contributed by atoms with Crippen molar-refractivity contribution in [3.63, 3.8) is 0 Å². The molecule has 1 aliphatic heterocycles. The first-order chi connectivity index (χ1) is 20.6. The summed E-state index contributed by atoms with van der Waals surface area (Å²) in [5, 5.41) is 10.0. The number of alkyl halides is 3. The van der Waals surface area contributed by atoms with Crippen LogP contribution in [0.2, 0.25) is 10.0 Å². The number of fused-ring (bicyclic) bond motifs is 1. The maximum Gasteiger partial charge on any atom is 0.416 e. The predicted octanol–water partition coefficient (Wildman–Crippen LogP) is 4.11. The molecule has 1 aliphatic rings. The maximum absolute atomic E-state index is 14.4. The quantitative estimate of drug-likeness (QED) is 0.271. The Hall–Kier alpha value is -3.11. The molecule has 2 aromatic carbocycles. The monoisotopic (exact) mass is 680 g/mol. The van der Waals surface area contributed by atoms with Crippen LogP contribution in [-0.4, -0.2) is 72.2 Å². The number of sulfone groups is 1. The number of rotatable bonds is 10. The number of nitrogens with zero attached hydrogens (tertiary/aromatic N) is 2. The van der Waals surface area contributed by atoms with Crippen LogP contribution in [0.5, 0.6) is 0 Å². The molecule has 1 saturated heterocycles. The lowest BCUT2D eigenvalue weighted by Gasteiger charge is -2.33. The largest absolute Gasteiger partial charge is 0.465 e. The Morgan fingerprint density at radius 3 is 2.59 bits per heavy atom. The van der Waals surface area contributed by atoms with E-state index >= 15 is 0 Å². The molecule has 0 bridgehead atoms. The highest BCUT2D eigenvalue weighted by molar-refractivity contribution is 7.91. The Kier molecular flexibility index (Phi) is 10.4. The number of amides is 1. The maximum atomic E-state index is 14.4. The molecule has 0 aliphatic carbocycles. The van der Waals surface area contributed by atoms with Gasteiger partial charge in [0.2, 0.25) is 0 Å². The molecule has 11 nitrogen and oxygen atoms in total. The van der Waals surface area contributed by atoms with Crippen molar-refractivity contribution in [2.24, 2.45) is 0 Å². The van der Waals surface area contributed by atoms with Gasteiger partial charge in [-0.3, -0.25) is 14.3 Å². The molecule has 44 heavy (non-hydrogen) atoms. The molecule has 0 unspecified atom stereocenters. The number of ether oxygens (including phenoxy) is 1. The van der Waals surface area contributed by atoms with E-state index in [0.29, 0.717) is 30.0 Å². The van der Waals surface area contributed by atoms with Crippen LogP contribution >= 0.6 is 23.2 Å². The van der Waals surface area contributed by atoms with Gasteiger partial charge in [-0.05, 0) is 54.8 Å². The van der Waals surface area contributed by atoms with Crippen molar-refractivity contribution in [2.75, 3.05) is 32.0 Å². The molecule has 0 saturated carbocycles. The van der Waals surface area contributed by atoms with Gasteiger partial charge in [-0.15, -0.1) is 0 Å². The average molecular weight is 682 g/mol. The van der Waals surface area contributed by atoms with Gasteiger partial charge in [0.1, 0.15) is 0 Å². The Labute approximate surface area is 259 Å². The zero-order valence-corrected chi connectivity index (χ0v) is 25.7. The van der Waals surface area contributed by atoms with Crippen LogP contribution in [0.3, 0.4) is 0 Å². The second-order valence-corrected chi connectivity index (χ2v) is 13.3. The molecule has 17 heteroatoms. The molecule has 3 aromatic rings. The minimum atomic E-state index is -4.91. The van der Waals surface area contributed by atoms with Crippen LogP contribution in [0, 0.1) is 0 Å². The molecular weight excluding hydrogens is 652 g/mol. The Morgan fingerprint density at radius 1 is 1.20 bits per heavy atom. The molecule has 0 radical (unpaired) electrons. The average Bonchev–Trinajstić information content (AvgIpc) is 2.94. The van der Waals surface area contributed by atoms with Crippen molar-refractivity contribution in [3.05, 3.63) is 71.8 Å². The number of hydrogen-bond acceptors (Lipinski definition) is 7. The third-order valence-corrected chi connectivity index (χ3v) is 9.75. The summed E-state index contributed by atoms with van der Waals surface area (Å²) in [6.07, 6.45) is -5.24. The lowest BCUT2D eigenvalue weighted by molar-refractivity contribution is -0.138. The van der Waals surface area contributed by atoms with E-state index in [0.717, 1.165) is 0 Å². The molecule has 240 valence electrons. The van der Waals surface area contributed by atoms with Gasteiger partial charge in [-0.2, -0.15) is 13.2 Å². The SMILES string of the molecule is CCS(=O)(=O)c1ccc(Cl)cc1Cn1c(=O)[nH]c2c(Cl)c(CN3CCC[C@H](OCCNC(=O)O)C3)c(C(F)(F)F)cc2c1=O. The molecule has 4 rings (SSSR count). The minimum Gasteiger partial charge on any atom is -0.465 e. The molecule has 1 aromatic heterocycles. The van der Waals surface area contributed by atoms with Crippen molar-refractivity contribution in [1.82, 2.24) is 19.8 Å². The highest BCUT2D eigenvalue weighted by atomic mass is 35.5. The van der Waals surface area contributed by atoms with Crippen LogP contribution in [0.1, 0.15) is 36.5 Å². The van der Waals surface area contributed by atoms with Crippen molar-refractivity contribution < 1.29 is 36.2 Å². The number of halogens is 5. The number of carbonyl (C=O) groups is 1. The van der Waals surface area contributed by atoms with Gasteiger partial charge in [0, 0.05) is 24.7 Å². The van der Waals surface area contributed by atoms with E-state index in [9.17, 15) is 36.0 Å². The zero-order chi connectivity index (χ0) is 32.4. The van der Waals surface area contributed by atoms with Crippen LogP contribution in [-0.2, 0) is 33.8 Å². The van der Waals surface area contributed by atoms with E-state index in [1.165, 1.54) is 25.1 Å². The van der Waals surface area contributed by atoms with E-state index in [4.69, 9.17) is 33.0 Å². The standard InChI is InChI=1S/C27H29Cl2F3N4O7S/c1-2-44(41,42)21-6-5-16(28)10-15(21)12-36-24(37)18-11-20(27(30,31)32)19(22(29)23(18)34-25(36)38)14-35-8-3-4-17(13-35)43-9-7-33-26(39)40/h5-6,10-11,17,33H,2-4,7-9,12-14H2,1H3,(H,34,38)(H,39,40)/t17-/m0/s1. The summed E-state index contributed by atoms with van der Waals surface area (Å²) in [6.45, 7) is 1.40. The van der Waals surface area contributed by atoms with Crippen molar-refractivity contribution in [1.29, 1.82) is 0 Å². The number of H-pyrrole nitrogens is 1.